The third-order valence-corrected chi connectivity index (χ3v) is 3.28. The third-order valence-electron chi connectivity index (χ3n) is 2.26. The summed E-state index contributed by atoms with van der Waals surface area (Å²) < 4.78 is 0. The lowest BCUT2D eigenvalue weighted by atomic mass is 10.1. The topological polar surface area (TPSA) is 62.8 Å². The van der Waals surface area contributed by atoms with E-state index in [2.05, 4.69) is 4.98 Å². The number of rotatable bonds is 4. The predicted molar refractivity (Wildman–Crippen MR) is 71.3 cm³/mol. The molecule has 0 amide bonds. The molecule has 4 heteroatoms. The van der Waals surface area contributed by atoms with Crippen molar-refractivity contribution in [2.24, 2.45) is 5.73 Å². The standard InChI is InChI=1S/C13H13N3S/c14-13(15)11-5-3-4-10(8-11)9-17-12-6-1-2-7-16-12/h1-8H,9H2,(H3,14,15). The zero-order valence-electron chi connectivity index (χ0n) is 9.26. The van der Waals surface area contributed by atoms with Crippen LogP contribution in [0, 0.1) is 5.41 Å². The molecule has 0 aliphatic rings. The van der Waals surface area contributed by atoms with Gasteiger partial charge in [0.15, 0.2) is 0 Å². The highest BCUT2D eigenvalue weighted by Gasteiger charge is 2.00. The van der Waals surface area contributed by atoms with E-state index in [4.69, 9.17) is 11.1 Å². The average Bonchev–Trinajstić information content (AvgIpc) is 2.38. The quantitative estimate of drug-likeness (QED) is 0.493. The molecular weight excluding hydrogens is 230 g/mol. The van der Waals surface area contributed by atoms with E-state index in [-0.39, 0.29) is 5.84 Å². The van der Waals surface area contributed by atoms with Gasteiger partial charge in [0, 0.05) is 17.5 Å². The number of nitrogens with zero attached hydrogens (tertiary/aromatic N) is 1. The number of benzene rings is 1. The number of thioether (sulfide) groups is 1. The Morgan fingerprint density at radius 2 is 2.12 bits per heavy atom. The minimum Gasteiger partial charge on any atom is -0.384 e. The van der Waals surface area contributed by atoms with Gasteiger partial charge in [0.25, 0.3) is 0 Å². The molecule has 1 heterocycles. The molecule has 1 aromatic heterocycles. The largest absolute Gasteiger partial charge is 0.384 e. The molecule has 0 saturated carbocycles. The van der Waals surface area contributed by atoms with Gasteiger partial charge in [0.2, 0.25) is 0 Å². The van der Waals surface area contributed by atoms with Crippen LogP contribution in [-0.2, 0) is 5.75 Å². The number of aromatic nitrogens is 1. The van der Waals surface area contributed by atoms with Gasteiger partial charge in [-0.1, -0.05) is 24.3 Å². The molecule has 0 fully saturated rings. The molecule has 0 saturated heterocycles. The van der Waals surface area contributed by atoms with Gasteiger partial charge in [-0.15, -0.1) is 11.8 Å². The minimum absolute atomic E-state index is 0.106. The van der Waals surface area contributed by atoms with E-state index in [1.165, 1.54) is 0 Å². The SMILES string of the molecule is N=C(N)c1cccc(CSc2ccccn2)c1. The predicted octanol–water partition coefficient (Wildman–Crippen LogP) is 2.66. The molecule has 0 bridgehead atoms. The van der Waals surface area contributed by atoms with Gasteiger partial charge in [0.1, 0.15) is 5.84 Å². The Labute approximate surface area is 105 Å². The Balaban J connectivity index is 2.04. The fourth-order valence-corrected chi connectivity index (χ4v) is 2.22. The van der Waals surface area contributed by atoms with Gasteiger partial charge >= 0.3 is 0 Å². The Bertz CT molecular complexity index is 511. The summed E-state index contributed by atoms with van der Waals surface area (Å²) in [5, 5.41) is 8.39. The van der Waals surface area contributed by atoms with Crippen molar-refractivity contribution >= 4 is 17.6 Å². The number of nitrogen functional groups attached to an aromatic ring is 1. The van der Waals surface area contributed by atoms with Crippen LogP contribution in [0.5, 0.6) is 0 Å². The molecule has 0 aliphatic carbocycles. The third kappa shape index (κ3) is 3.32. The molecule has 17 heavy (non-hydrogen) atoms. The zero-order valence-corrected chi connectivity index (χ0v) is 10.1. The Hall–Kier alpha value is -1.81. The van der Waals surface area contributed by atoms with Crippen molar-refractivity contribution in [2.75, 3.05) is 0 Å². The van der Waals surface area contributed by atoms with Crippen molar-refractivity contribution in [3.8, 4) is 0 Å². The van der Waals surface area contributed by atoms with Crippen molar-refractivity contribution < 1.29 is 0 Å². The smallest absolute Gasteiger partial charge is 0.122 e. The molecule has 2 aromatic rings. The van der Waals surface area contributed by atoms with Crippen LogP contribution >= 0.6 is 11.8 Å². The molecule has 1 aromatic carbocycles. The Morgan fingerprint density at radius 1 is 1.24 bits per heavy atom. The molecule has 0 spiro atoms. The van der Waals surface area contributed by atoms with Gasteiger partial charge < -0.3 is 5.73 Å². The summed E-state index contributed by atoms with van der Waals surface area (Å²) in [4.78, 5) is 4.25. The number of nitrogens with two attached hydrogens (primary N) is 1. The first-order valence-corrected chi connectivity index (χ1v) is 6.21. The van der Waals surface area contributed by atoms with E-state index in [0.29, 0.717) is 0 Å². The summed E-state index contributed by atoms with van der Waals surface area (Å²) in [6.45, 7) is 0. The molecular formula is C13H13N3S. The van der Waals surface area contributed by atoms with Crippen LogP contribution in [0.15, 0.2) is 53.7 Å². The van der Waals surface area contributed by atoms with E-state index in [1.54, 1.807) is 18.0 Å². The molecule has 0 radical (unpaired) electrons. The number of hydrogen-bond acceptors (Lipinski definition) is 3. The maximum atomic E-state index is 7.39. The van der Waals surface area contributed by atoms with Crippen molar-refractivity contribution in [2.45, 2.75) is 10.8 Å². The zero-order chi connectivity index (χ0) is 12.1. The van der Waals surface area contributed by atoms with Crippen molar-refractivity contribution in [1.29, 1.82) is 5.41 Å². The summed E-state index contributed by atoms with van der Waals surface area (Å²) in [5.41, 5.74) is 7.37. The van der Waals surface area contributed by atoms with Crippen LogP contribution in [0.3, 0.4) is 0 Å². The van der Waals surface area contributed by atoms with Gasteiger partial charge in [-0.05, 0) is 23.8 Å². The molecule has 0 aliphatic heterocycles. The van der Waals surface area contributed by atoms with Gasteiger partial charge in [-0.2, -0.15) is 0 Å². The first-order valence-electron chi connectivity index (χ1n) is 5.23. The minimum atomic E-state index is 0.106. The van der Waals surface area contributed by atoms with Crippen LogP contribution in [0.4, 0.5) is 0 Å². The molecule has 0 atom stereocenters. The van der Waals surface area contributed by atoms with E-state index < -0.39 is 0 Å². The van der Waals surface area contributed by atoms with Gasteiger partial charge in [-0.25, -0.2) is 4.98 Å². The van der Waals surface area contributed by atoms with Crippen molar-refractivity contribution in [3.63, 3.8) is 0 Å². The maximum Gasteiger partial charge on any atom is 0.122 e. The lowest BCUT2D eigenvalue weighted by molar-refractivity contribution is 1.13. The second-order valence-electron chi connectivity index (χ2n) is 3.57. The van der Waals surface area contributed by atoms with Crippen molar-refractivity contribution in [3.05, 3.63) is 59.8 Å². The summed E-state index contributed by atoms with van der Waals surface area (Å²) >= 11 is 1.67. The van der Waals surface area contributed by atoms with Crippen LogP contribution in [0.2, 0.25) is 0 Å². The molecule has 86 valence electrons. The van der Waals surface area contributed by atoms with Gasteiger partial charge in [0.05, 0.1) is 5.03 Å². The van der Waals surface area contributed by atoms with E-state index >= 15 is 0 Å². The van der Waals surface area contributed by atoms with Gasteiger partial charge in [-0.3, -0.25) is 5.41 Å². The van der Waals surface area contributed by atoms with Crippen LogP contribution in [0.25, 0.3) is 0 Å². The maximum absolute atomic E-state index is 7.39. The highest BCUT2D eigenvalue weighted by Crippen LogP contribution is 2.20. The van der Waals surface area contributed by atoms with Crippen LogP contribution in [0.1, 0.15) is 11.1 Å². The second kappa shape index (κ2) is 5.50. The Morgan fingerprint density at radius 3 is 2.82 bits per heavy atom. The number of amidine groups is 1. The van der Waals surface area contributed by atoms with E-state index in [0.717, 1.165) is 21.9 Å². The molecule has 2 rings (SSSR count). The molecule has 0 unspecified atom stereocenters. The lowest BCUT2D eigenvalue weighted by Crippen LogP contribution is -2.10. The summed E-state index contributed by atoms with van der Waals surface area (Å²) in [5.74, 6) is 0.938. The fraction of sp³-hybridized carbons (Fsp3) is 0.0769. The van der Waals surface area contributed by atoms with Crippen LogP contribution in [-0.4, -0.2) is 10.8 Å². The summed E-state index contributed by atoms with van der Waals surface area (Å²) in [7, 11) is 0. The van der Waals surface area contributed by atoms with E-state index in [1.807, 2.05) is 42.5 Å². The number of pyridine rings is 1. The fourth-order valence-electron chi connectivity index (χ4n) is 1.42. The first kappa shape index (κ1) is 11.7. The lowest BCUT2D eigenvalue weighted by Gasteiger charge is -2.03. The number of hydrogen-bond donors (Lipinski definition) is 2. The second-order valence-corrected chi connectivity index (χ2v) is 4.57. The summed E-state index contributed by atoms with van der Waals surface area (Å²) in [6.07, 6.45) is 1.79. The summed E-state index contributed by atoms with van der Waals surface area (Å²) in [6, 6.07) is 13.6. The highest BCUT2D eigenvalue weighted by molar-refractivity contribution is 7.98. The van der Waals surface area contributed by atoms with E-state index in [9.17, 15) is 0 Å². The average molecular weight is 243 g/mol. The first-order chi connectivity index (χ1) is 8.25. The highest BCUT2D eigenvalue weighted by atomic mass is 32.2. The Kier molecular flexibility index (Phi) is 3.77. The van der Waals surface area contributed by atoms with Crippen LogP contribution < -0.4 is 5.73 Å². The monoisotopic (exact) mass is 243 g/mol. The molecule has 3 N–H and O–H groups in total. The molecule has 3 nitrogen and oxygen atoms in total. The normalized spacial score (nSPS) is 10.1. The number of nitrogens with one attached hydrogen (secondary N) is 1. The van der Waals surface area contributed by atoms with Crippen molar-refractivity contribution in [1.82, 2.24) is 4.98 Å².